The van der Waals surface area contributed by atoms with E-state index in [0.29, 0.717) is 21.4 Å². The molecule has 0 spiro atoms. The van der Waals surface area contributed by atoms with E-state index in [1.807, 2.05) is 0 Å². The van der Waals surface area contributed by atoms with Crippen LogP contribution in [0.15, 0.2) is 23.1 Å². The van der Waals surface area contributed by atoms with Crippen molar-refractivity contribution < 1.29 is 0 Å². The average molecular weight is 229 g/mol. The summed E-state index contributed by atoms with van der Waals surface area (Å²) in [7, 11) is 0. The zero-order valence-corrected chi connectivity index (χ0v) is 8.80. The van der Waals surface area contributed by atoms with Gasteiger partial charge < -0.3 is 0 Å². The van der Waals surface area contributed by atoms with Crippen LogP contribution in [0.2, 0.25) is 10.0 Å². The van der Waals surface area contributed by atoms with Crippen molar-refractivity contribution >= 4 is 28.8 Å². The van der Waals surface area contributed by atoms with Gasteiger partial charge in [-0.3, -0.25) is 9.20 Å². The zero-order valence-electron chi connectivity index (χ0n) is 7.29. The summed E-state index contributed by atoms with van der Waals surface area (Å²) in [5.74, 6) is 0. The van der Waals surface area contributed by atoms with Gasteiger partial charge in [-0.2, -0.15) is 0 Å². The largest absolute Gasteiger partial charge is 0.269 e. The second kappa shape index (κ2) is 3.26. The first-order chi connectivity index (χ1) is 6.58. The number of fused-ring (bicyclic) bond motifs is 1. The van der Waals surface area contributed by atoms with Crippen LogP contribution in [0.5, 0.6) is 0 Å². The Morgan fingerprint density at radius 3 is 2.79 bits per heavy atom. The lowest BCUT2D eigenvalue weighted by atomic mass is 10.4. The van der Waals surface area contributed by atoms with Gasteiger partial charge in [-0.1, -0.05) is 23.2 Å². The van der Waals surface area contributed by atoms with Crippen molar-refractivity contribution in [3.8, 4) is 0 Å². The highest BCUT2D eigenvalue weighted by atomic mass is 35.5. The molecule has 2 aromatic heterocycles. The highest BCUT2D eigenvalue weighted by molar-refractivity contribution is 6.36. The van der Waals surface area contributed by atoms with Gasteiger partial charge in [-0.15, -0.1) is 0 Å². The van der Waals surface area contributed by atoms with E-state index >= 15 is 0 Å². The summed E-state index contributed by atoms with van der Waals surface area (Å²) in [6.07, 6.45) is 1.50. The van der Waals surface area contributed by atoms with Crippen molar-refractivity contribution in [2.45, 2.75) is 6.92 Å². The maximum atomic E-state index is 11.5. The third-order valence-electron chi connectivity index (χ3n) is 1.81. The molecule has 0 amide bonds. The topological polar surface area (TPSA) is 34.4 Å². The summed E-state index contributed by atoms with van der Waals surface area (Å²) in [5, 5.41) is 0.786. The van der Waals surface area contributed by atoms with Crippen LogP contribution in [0.3, 0.4) is 0 Å². The summed E-state index contributed by atoms with van der Waals surface area (Å²) in [6, 6.07) is 2.99. The highest BCUT2D eigenvalue weighted by Crippen LogP contribution is 2.19. The molecule has 0 aliphatic carbocycles. The van der Waals surface area contributed by atoms with Crippen molar-refractivity contribution in [2.24, 2.45) is 0 Å². The van der Waals surface area contributed by atoms with Gasteiger partial charge in [0, 0.05) is 18.0 Å². The fraction of sp³-hybridized carbons (Fsp3) is 0.111. The molecule has 0 unspecified atom stereocenters. The molecule has 0 fully saturated rings. The Hall–Kier alpha value is -1.06. The molecular weight excluding hydrogens is 223 g/mol. The van der Waals surface area contributed by atoms with Crippen LogP contribution in [0.1, 0.15) is 5.69 Å². The van der Waals surface area contributed by atoms with E-state index < -0.39 is 0 Å². The van der Waals surface area contributed by atoms with Gasteiger partial charge in [0.25, 0.3) is 5.56 Å². The minimum absolute atomic E-state index is 0.183. The van der Waals surface area contributed by atoms with E-state index in [1.54, 1.807) is 13.0 Å². The van der Waals surface area contributed by atoms with Gasteiger partial charge in [0.2, 0.25) is 0 Å². The Balaban J connectivity index is 3.02. The summed E-state index contributed by atoms with van der Waals surface area (Å²) >= 11 is 11.7. The SMILES string of the molecule is Cc1cc(=O)n2cc(Cl)cc(Cl)c2n1. The van der Waals surface area contributed by atoms with Gasteiger partial charge in [0.15, 0.2) is 5.65 Å². The lowest BCUT2D eigenvalue weighted by Crippen LogP contribution is -2.14. The second-order valence-corrected chi connectivity index (χ2v) is 3.78. The molecule has 2 heterocycles. The van der Waals surface area contributed by atoms with E-state index in [0.717, 1.165) is 0 Å². The minimum atomic E-state index is -0.183. The highest BCUT2D eigenvalue weighted by Gasteiger charge is 2.04. The third-order valence-corrected chi connectivity index (χ3v) is 2.30. The van der Waals surface area contributed by atoms with Gasteiger partial charge in [0.05, 0.1) is 10.0 Å². The summed E-state index contributed by atoms with van der Waals surface area (Å²) in [4.78, 5) is 15.7. The van der Waals surface area contributed by atoms with Gasteiger partial charge in [0.1, 0.15) is 0 Å². The molecule has 0 saturated carbocycles. The molecule has 14 heavy (non-hydrogen) atoms. The molecule has 5 heteroatoms. The molecule has 0 atom stereocenters. The molecule has 0 aromatic carbocycles. The zero-order chi connectivity index (χ0) is 10.3. The number of hydrogen-bond acceptors (Lipinski definition) is 2. The maximum absolute atomic E-state index is 11.5. The third kappa shape index (κ3) is 1.49. The quantitative estimate of drug-likeness (QED) is 0.694. The van der Waals surface area contributed by atoms with Gasteiger partial charge in [-0.25, -0.2) is 4.98 Å². The number of aryl methyl sites for hydroxylation is 1. The molecule has 0 aliphatic heterocycles. The van der Waals surface area contributed by atoms with Crippen molar-refractivity contribution in [3.05, 3.63) is 44.4 Å². The number of aromatic nitrogens is 2. The fourth-order valence-electron chi connectivity index (χ4n) is 1.25. The van der Waals surface area contributed by atoms with Crippen molar-refractivity contribution in [1.29, 1.82) is 0 Å². The Bertz CT molecular complexity index is 562. The van der Waals surface area contributed by atoms with Crippen LogP contribution in [0, 0.1) is 6.92 Å². The molecule has 0 saturated heterocycles. The lowest BCUT2D eigenvalue weighted by molar-refractivity contribution is 1.02. The van der Waals surface area contributed by atoms with E-state index in [9.17, 15) is 4.79 Å². The Morgan fingerprint density at radius 1 is 1.36 bits per heavy atom. The molecule has 0 N–H and O–H groups in total. The Kier molecular flexibility index (Phi) is 2.21. The molecule has 72 valence electrons. The van der Waals surface area contributed by atoms with Crippen LogP contribution < -0.4 is 5.56 Å². The van der Waals surface area contributed by atoms with Crippen LogP contribution in [-0.2, 0) is 0 Å². The minimum Gasteiger partial charge on any atom is -0.269 e. The molecule has 2 rings (SSSR count). The van der Waals surface area contributed by atoms with Gasteiger partial charge in [-0.05, 0) is 13.0 Å². The van der Waals surface area contributed by atoms with Crippen molar-refractivity contribution in [2.75, 3.05) is 0 Å². The van der Waals surface area contributed by atoms with E-state index in [2.05, 4.69) is 4.98 Å². The number of rotatable bonds is 0. The number of pyridine rings is 1. The molecule has 3 nitrogen and oxygen atoms in total. The molecule has 2 aromatic rings. The van der Waals surface area contributed by atoms with Crippen molar-refractivity contribution in [3.63, 3.8) is 0 Å². The summed E-state index contributed by atoms with van der Waals surface area (Å²) in [6.45, 7) is 1.74. The van der Waals surface area contributed by atoms with Crippen LogP contribution >= 0.6 is 23.2 Å². The first-order valence-electron chi connectivity index (χ1n) is 3.93. The molecule has 0 bridgehead atoms. The number of halogens is 2. The standard InChI is InChI=1S/C9H6Cl2N2O/c1-5-2-8(14)13-4-6(10)3-7(11)9(13)12-5/h2-4H,1H3. The van der Waals surface area contributed by atoms with E-state index in [4.69, 9.17) is 23.2 Å². The normalized spacial score (nSPS) is 10.8. The Morgan fingerprint density at radius 2 is 2.07 bits per heavy atom. The van der Waals surface area contributed by atoms with Crippen LogP contribution in [0.4, 0.5) is 0 Å². The fourth-order valence-corrected chi connectivity index (χ4v) is 1.76. The predicted octanol–water partition coefficient (Wildman–Crippen LogP) is 2.31. The smallest absolute Gasteiger partial charge is 0.258 e. The van der Waals surface area contributed by atoms with Crippen LogP contribution in [0.25, 0.3) is 5.65 Å². The predicted molar refractivity (Wildman–Crippen MR) is 56.2 cm³/mol. The Labute approximate surface area is 89.9 Å². The molecule has 0 aliphatic rings. The lowest BCUT2D eigenvalue weighted by Gasteiger charge is -2.03. The van der Waals surface area contributed by atoms with E-state index in [-0.39, 0.29) is 5.56 Å². The van der Waals surface area contributed by atoms with Gasteiger partial charge >= 0.3 is 0 Å². The number of nitrogens with zero attached hydrogens (tertiary/aromatic N) is 2. The summed E-state index contributed by atoms with van der Waals surface area (Å²) in [5.41, 5.74) is 0.886. The first kappa shape index (κ1) is 9.49. The number of hydrogen-bond donors (Lipinski definition) is 0. The second-order valence-electron chi connectivity index (χ2n) is 2.94. The van der Waals surface area contributed by atoms with E-state index in [1.165, 1.54) is 16.7 Å². The molecular formula is C9H6Cl2N2O. The summed E-state index contributed by atoms with van der Waals surface area (Å²) < 4.78 is 1.33. The maximum Gasteiger partial charge on any atom is 0.258 e. The average Bonchev–Trinajstić information content (AvgIpc) is 2.07. The first-order valence-corrected chi connectivity index (χ1v) is 4.68. The van der Waals surface area contributed by atoms with Crippen LogP contribution in [-0.4, -0.2) is 9.38 Å². The van der Waals surface area contributed by atoms with Crippen molar-refractivity contribution in [1.82, 2.24) is 9.38 Å². The molecule has 0 radical (unpaired) electrons. The monoisotopic (exact) mass is 228 g/mol.